The Morgan fingerprint density at radius 3 is 2.88 bits per heavy atom. The molecule has 3 saturated heterocycles. The summed E-state index contributed by atoms with van der Waals surface area (Å²) in [4.78, 5) is 18.2. The summed E-state index contributed by atoms with van der Waals surface area (Å²) in [6.45, 7) is 3.58. The lowest BCUT2D eigenvalue weighted by atomic mass is 9.62. The lowest BCUT2D eigenvalue weighted by Crippen LogP contribution is -2.52. The molecule has 172 valence electrons. The Bertz CT molecular complexity index is 1030. The SMILES string of the molecule is OC1CC2(CCCN(c3nc(OC[C@@]45CCCN4C[C@H](F)C5)nc4cc(Cl)ncc34)C2)C1. The Morgan fingerprint density at radius 2 is 2.03 bits per heavy atom. The van der Waals surface area contributed by atoms with Crippen LogP contribution in [0.5, 0.6) is 6.01 Å². The summed E-state index contributed by atoms with van der Waals surface area (Å²) in [5.41, 5.74) is 0.623. The Kier molecular flexibility index (Phi) is 4.97. The molecule has 9 heteroatoms. The number of fused-ring (bicyclic) bond motifs is 2. The van der Waals surface area contributed by atoms with Crippen molar-refractivity contribution in [3.63, 3.8) is 0 Å². The summed E-state index contributed by atoms with van der Waals surface area (Å²) in [5.74, 6) is 0.810. The lowest BCUT2D eigenvalue weighted by Gasteiger charge is -2.51. The van der Waals surface area contributed by atoms with Crippen LogP contribution in [0.1, 0.15) is 44.9 Å². The topological polar surface area (TPSA) is 74.6 Å². The van der Waals surface area contributed by atoms with E-state index in [1.165, 1.54) is 0 Å². The molecule has 7 nitrogen and oxygen atoms in total. The minimum Gasteiger partial charge on any atom is -0.461 e. The van der Waals surface area contributed by atoms with Crippen molar-refractivity contribution in [2.45, 2.75) is 62.8 Å². The first-order chi connectivity index (χ1) is 15.4. The molecule has 2 aromatic heterocycles. The Labute approximate surface area is 191 Å². The fourth-order valence-electron chi connectivity index (χ4n) is 6.58. The van der Waals surface area contributed by atoms with Crippen molar-refractivity contribution >= 4 is 28.3 Å². The van der Waals surface area contributed by atoms with Gasteiger partial charge in [0, 0.05) is 38.3 Å². The molecule has 1 saturated carbocycles. The number of pyridine rings is 1. The van der Waals surface area contributed by atoms with Crippen LogP contribution in [0.4, 0.5) is 10.2 Å². The molecule has 0 aromatic carbocycles. The highest BCUT2D eigenvalue weighted by Gasteiger charge is 2.49. The molecule has 4 fully saturated rings. The maximum Gasteiger partial charge on any atom is 0.319 e. The van der Waals surface area contributed by atoms with Gasteiger partial charge in [-0.2, -0.15) is 9.97 Å². The summed E-state index contributed by atoms with van der Waals surface area (Å²) in [6.07, 6.45) is 7.19. The number of anilines is 1. The maximum atomic E-state index is 14.1. The summed E-state index contributed by atoms with van der Waals surface area (Å²) in [6, 6.07) is 2.06. The minimum absolute atomic E-state index is 0.166. The van der Waals surface area contributed by atoms with Crippen molar-refractivity contribution in [1.82, 2.24) is 19.9 Å². The van der Waals surface area contributed by atoms with Crippen LogP contribution in [0.15, 0.2) is 12.3 Å². The predicted octanol–water partition coefficient (Wildman–Crippen LogP) is 3.37. The van der Waals surface area contributed by atoms with E-state index in [1.54, 1.807) is 12.3 Å². The molecule has 0 bridgehead atoms. The van der Waals surface area contributed by atoms with Crippen LogP contribution in [0.3, 0.4) is 0 Å². The van der Waals surface area contributed by atoms with E-state index in [1.807, 2.05) is 0 Å². The molecule has 32 heavy (non-hydrogen) atoms. The molecule has 1 N–H and O–H groups in total. The molecule has 2 atom stereocenters. The second-order valence-electron chi connectivity index (χ2n) is 10.3. The van der Waals surface area contributed by atoms with E-state index >= 15 is 0 Å². The third-order valence-corrected chi connectivity index (χ3v) is 8.24. The molecule has 3 aliphatic heterocycles. The summed E-state index contributed by atoms with van der Waals surface area (Å²) >= 11 is 6.17. The van der Waals surface area contributed by atoms with E-state index in [-0.39, 0.29) is 17.1 Å². The monoisotopic (exact) mass is 461 g/mol. The van der Waals surface area contributed by atoms with Gasteiger partial charge in [-0.15, -0.1) is 0 Å². The number of nitrogens with zero attached hydrogens (tertiary/aromatic N) is 5. The van der Waals surface area contributed by atoms with Gasteiger partial charge in [-0.3, -0.25) is 4.90 Å². The average molecular weight is 462 g/mol. The van der Waals surface area contributed by atoms with Crippen LogP contribution in [0.25, 0.3) is 10.9 Å². The number of alkyl halides is 1. The average Bonchev–Trinajstić information content (AvgIpc) is 3.26. The van der Waals surface area contributed by atoms with Crippen molar-refractivity contribution in [1.29, 1.82) is 0 Å². The van der Waals surface area contributed by atoms with Crippen molar-refractivity contribution in [2.24, 2.45) is 5.41 Å². The number of hydrogen-bond acceptors (Lipinski definition) is 7. The fourth-order valence-corrected chi connectivity index (χ4v) is 6.73. The van der Waals surface area contributed by atoms with Gasteiger partial charge in [-0.1, -0.05) is 11.6 Å². The molecule has 1 spiro atoms. The van der Waals surface area contributed by atoms with Crippen molar-refractivity contribution < 1.29 is 14.2 Å². The molecular formula is C23H29ClFN5O2. The zero-order valence-electron chi connectivity index (χ0n) is 18.1. The first-order valence-electron chi connectivity index (χ1n) is 11.7. The molecular weight excluding hydrogens is 433 g/mol. The van der Waals surface area contributed by atoms with Gasteiger partial charge in [0.2, 0.25) is 0 Å². The Hall–Kier alpha value is -1.77. The molecule has 5 heterocycles. The third kappa shape index (κ3) is 3.51. The Balaban J connectivity index is 1.31. The largest absolute Gasteiger partial charge is 0.461 e. The van der Waals surface area contributed by atoms with Gasteiger partial charge in [-0.25, -0.2) is 9.37 Å². The number of rotatable bonds is 4. The van der Waals surface area contributed by atoms with Gasteiger partial charge < -0.3 is 14.7 Å². The van der Waals surface area contributed by atoms with Crippen LogP contribution in [0.2, 0.25) is 5.15 Å². The van der Waals surface area contributed by atoms with Crippen molar-refractivity contribution in [3.8, 4) is 6.01 Å². The lowest BCUT2D eigenvalue weighted by molar-refractivity contribution is -0.0396. The third-order valence-electron chi connectivity index (χ3n) is 8.04. The van der Waals surface area contributed by atoms with E-state index < -0.39 is 6.17 Å². The van der Waals surface area contributed by atoms with Crippen LogP contribution in [0, 0.1) is 5.41 Å². The zero-order valence-corrected chi connectivity index (χ0v) is 18.9. The van der Waals surface area contributed by atoms with E-state index in [4.69, 9.17) is 21.3 Å². The molecule has 0 amide bonds. The highest BCUT2D eigenvalue weighted by atomic mass is 35.5. The first kappa shape index (κ1) is 20.8. The van der Waals surface area contributed by atoms with E-state index in [2.05, 4.69) is 19.8 Å². The highest BCUT2D eigenvalue weighted by Crippen LogP contribution is 2.48. The van der Waals surface area contributed by atoms with E-state index in [0.29, 0.717) is 36.3 Å². The van der Waals surface area contributed by atoms with Gasteiger partial charge in [-0.05, 0) is 50.5 Å². The Morgan fingerprint density at radius 1 is 1.19 bits per heavy atom. The molecule has 1 aliphatic carbocycles. The molecule has 0 unspecified atom stereocenters. The summed E-state index contributed by atoms with van der Waals surface area (Å²) < 4.78 is 20.3. The predicted molar refractivity (Wildman–Crippen MR) is 120 cm³/mol. The standard InChI is InChI=1S/C23H29ClFN5O2/c24-19-7-18-17(11-26-19)20(29-5-1-3-22(13-29)9-16(31)10-22)28-21(27-18)32-14-23-4-2-6-30(23)12-15(25)8-23/h7,11,15-16,31H,1-6,8-10,12-14H2/t15-,16?,22?,23+/m1/s1. The van der Waals surface area contributed by atoms with Crippen LogP contribution < -0.4 is 9.64 Å². The second kappa shape index (κ2) is 7.64. The second-order valence-corrected chi connectivity index (χ2v) is 10.7. The molecule has 6 rings (SSSR count). The maximum absolute atomic E-state index is 14.1. The summed E-state index contributed by atoms with van der Waals surface area (Å²) in [7, 11) is 0. The smallest absolute Gasteiger partial charge is 0.319 e. The number of hydrogen-bond donors (Lipinski definition) is 1. The quantitative estimate of drug-likeness (QED) is 0.699. The van der Waals surface area contributed by atoms with Crippen molar-refractivity contribution in [2.75, 3.05) is 37.7 Å². The van der Waals surface area contributed by atoms with Crippen LogP contribution in [-0.4, -0.2) is 75.6 Å². The molecule has 4 aliphatic rings. The number of aromatic nitrogens is 3. The number of aliphatic hydroxyl groups excluding tert-OH is 1. The number of halogens is 2. The summed E-state index contributed by atoms with van der Waals surface area (Å²) in [5, 5.41) is 11.1. The van der Waals surface area contributed by atoms with Crippen LogP contribution in [-0.2, 0) is 0 Å². The number of ether oxygens (including phenoxy) is 1. The number of aliphatic hydroxyl groups is 1. The van der Waals surface area contributed by atoms with Gasteiger partial charge in [0.05, 0.1) is 22.5 Å². The highest BCUT2D eigenvalue weighted by molar-refractivity contribution is 6.30. The van der Waals surface area contributed by atoms with Gasteiger partial charge in [0.1, 0.15) is 23.7 Å². The normalized spacial score (nSPS) is 34.8. The fraction of sp³-hybridized carbons (Fsp3) is 0.696. The zero-order chi connectivity index (χ0) is 21.9. The van der Waals surface area contributed by atoms with Gasteiger partial charge in [0.25, 0.3) is 0 Å². The van der Waals surface area contributed by atoms with E-state index in [9.17, 15) is 9.50 Å². The van der Waals surface area contributed by atoms with E-state index in [0.717, 1.165) is 69.4 Å². The minimum atomic E-state index is -0.792. The molecule has 0 radical (unpaired) electrons. The van der Waals surface area contributed by atoms with Crippen LogP contribution >= 0.6 is 11.6 Å². The van der Waals surface area contributed by atoms with Crippen molar-refractivity contribution in [3.05, 3.63) is 17.4 Å². The first-order valence-corrected chi connectivity index (χ1v) is 12.1. The number of piperidine rings is 1. The molecule has 2 aromatic rings. The van der Waals surface area contributed by atoms with Gasteiger partial charge in [0.15, 0.2) is 0 Å². The van der Waals surface area contributed by atoms with Gasteiger partial charge >= 0.3 is 6.01 Å².